The number of aryl methyl sites for hydroxylation is 1. The Morgan fingerprint density at radius 1 is 1.25 bits per heavy atom. The van der Waals surface area contributed by atoms with Crippen molar-refractivity contribution < 1.29 is 19.0 Å². The highest BCUT2D eigenvalue weighted by atomic mass is 19.1. The van der Waals surface area contributed by atoms with Gasteiger partial charge in [-0.1, -0.05) is 13.8 Å². The van der Waals surface area contributed by atoms with E-state index in [9.17, 15) is 9.18 Å². The lowest BCUT2D eigenvalue weighted by Gasteiger charge is -2.17. The summed E-state index contributed by atoms with van der Waals surface area (Å²) in [4.78, 5) is 17.2. The first-order valence-electron chi connectivity index (χ1n) is 9.14. The van der Waals surface area contributed by atoms with Crippen molar-refractivity contribution in [3.8, 4) is 5.75 Å². The van der Waals surface area contributed by atoms with Crippen molar-refractivity contribution in [3.05, 3.63) is 59.5 Å². The smallest absolute Gasteiger partial charge is 0.169 e. The number of aliphatic hydroxyl groups is 1. The summed E-state index contributed by atoms with van der Waals surface area (Å²) in [6.07, 6.45) is 1.57. The third-order valence-corrected chi connectivity index (χ3v) is 4.44. The van der Waals surface area contributed by atoms with Gasteiger partial charge in [0.1, 0.15) is 18.2 Å². The van der Waals surface area contributed by atoms with E-state index in [1.54, 1.807) is 37.4 Å². The molecule has 1 heterocycles. The van der Waals surface area contributed by atoms with Crippen LogP contribution in [0.1, 0.15) is 29.8 Å². The molecule has 0 radical (unpaired) electrons. The molecule has 146 valence electrons. The molecule has 0 aliphatic rings. The van der Waals surface area contributed by atoms with Crippen LogP contribution in [0.15, 0.2) is 42.6 Å². The third kappa shape index (κ3) is 4.12. The predicted molar refractivity (Wildman–Crippen MR) is 108 cm³/mol. The molecule has 0 aliphatic carbocycles. The molecule has 0 saturated heterocycles. The highest BCUT2D eigenvalue weighted by Gasteiger charge is 2.19. The molecule has 0 spiro atoms. The first-order chi connectivity index (χ1) is 13.4. The van der Waals surface area contributed by atoms with E-state index in [1.807, 2.05) is 13.8 Å². The fraction of sp³-hybridized carbons (Fsp3) is 0.273. The predicted octanol–water partition coefficient (Wildman–Crippen LogP) is 4.64. The Morgan fingerprint density at radius 2 is 2.04 bits per heavy atom. The molecule has 5 nitrogen and oxygen atoms in total. The zero-order valence-electron chi connectivity index (χ0n) is 16.1. The first kappa shape index (κ1) is 19.8. The molecule has 0 fully saturated rings. The minimum Gasteiger partial charge on any atom is -0.491 e. The lowest BCUT2D eigenvalue weighted by Crippen LogP contribution is -2.12. The Morgan fingerprint density at radius 3 is 2.71 bits per heavy atom. The van der Waals surface area contributed by atoms with E-state index in [0.717, 1.165) is 5.56 Å². The molecule has 0 atom stereocenters. The van der Waals surface area contributed by atoms with Crippen molar-refractivity contribution >= 4 is 28.1 Å². The lowest BCUT2D eigenvalue weighted by atomic mass is 9.98. The van der Waals surface area contributed by atoms with Gasteiger partial charge in [0.2, 0.25) is 0 Å². The standard InChI is InChI=1S/C22H23FN2O3/c1-13(2)22(27)18-12-24-20-7-5-16(28-9-8-26)11-17(20)21(18)25-19-6-4-15(23)10-14(19)3/h4-7,10-13,26H,8-9H2,1-3H3,(H,24,25). The number of halogens is 1. The van der Waals surface area contributed by atoms with Crippen molar-refractivity contribution in [2.24, 2.45) is 5.92 Å². The fourth-order valence-electron chi connectivity index (χ4n) is 2.96. The van der Waals surface area contributed by atoms with Gasteiger partial charge < -0.3 is 15.2 Å². The topological polar surface area (TPSA) is 71.5 Å². The van der Waals surface area contributed by atoms with Crippen LogP contribution in [0.5, 0.6) is 5.75 Å². The lowest BCUT2D eigenvalue weighted by molar-refractivity contribution is 0.0940. The molecule has 6 heteroatoms. The molecule has 1 aromatic heterocycles. The number of benzene rings is 2. The molecule has 3 rings (SSSR count). The largest absolute Gasteiger partial charge is 0.491 e. The van der Waals surface area contributed by atoms with Crippen LogP contribution < -0.4 is 10.1 Å². The van der Waals surface area contributed by atoms with Gasteiger partial charge in [0, 0.05) is 23.2 Å². The van der Waals surface area contributed by atoms with Gasteiger partial charge in [0.25, 0.3) is 0 Å². The van der Waals surface area contributed by atoms with Gasteiger partial charge in [-0.3, -0.25) is 9.78 Å². The maximum atomic E-state index is 13.5. The number of ether oxygens (including phenoxy) is 1. The summed E-state index contributed by atoms with van der Waals surface area (Å²) in [5, 5.41) is 13.0. The molecule has 2 N–H and O–H groups in total. The average molecular weight is 382 g/mol. The number of nitrogens with one attached hydrogen (secondary N) is 1. The second-order valence-corrected chi connectivity index (χ2v) is 6.90. The van der Waals surface area contributed by atoms with E-state index in [-0.39, 0.29) is 30.7 Å². The Kier molecular flexibility index (Phi) is 5.90. The highest BCUT2D eigenvalue weighted by molar-refractivity contribution is 6.09. The number of anilines is 2. The SMILES string of the molecule is Cc1cc(F)ccc1Nc1c(C(=O)C(C)C)cnc2ccc(OCCO)cc12. The van der Waals surface area contributed by atoms with Crippen molar-refractivity contribution in [1.82, 2.24) is 4.98 Å². The van der Waals surface area contributed by atoms with Crippen LogP contribution in [0.2, 0.25) is 0 Å². The second-order valence-electron chi connectivity index (χ2n) is 6.90. The molecule has 28 heavy (non-hydrogen) atoms. The second kappa shape index (κ2) is 8.35. The van der Waals surface area contributed by atoms with Crippen molar-refractivity contribution in [1.29, 1.82) is 0 Å². The molecule has 0 amide bonds. The summed E-state index contributed by atoms with van der Waals surface area (Å²) in [5.74, 6) is -0.00142. The van der Waals surface area contributed by atoms with Crippen LogP contribution in [0.25, 0.3) is 10.9 Å². The number of hydrogen-bond donors (Lipinski definition) is 2. The number of fused-ring (bicyclic) bond motifs is 1. The van der Waals surface area contributed by atoms with E-state index in [1.165, 1.54) is 12.1 Å². The summed E-state index contributed by atoms with van der Waals surface area (Å²) in [6, 6.07) is 9.81. The van der Waals surface area contributed by atoms with Gasteiger partial charge in [-0.2, -0.15) is 0 Å². The molecule has 3 aromatic rings. The summed E-state index contributed by atoms with van der Waals surface area (Å²) in [6.45, 7) is 5.54. The molecule has 0 aliphatic heterocycles. The van der Waals surface area contributed by atoms with Crippen molar-refractivity contribution in [3.63, 3.8) is 0 Å². The number of ketones is 1. The average Bonchev–Trinajstić information content (AvgIpc) is 2.67. The number of aliphatic hydroxyl groups excluding tert-OH is 1. The Labute approximate surface area is 163 Å². The Bertz CT molecular complexity index is 1020. The van der Waals surface area contributed by atoms with Gasteiger partial charge in [0.05, 0.1) is 23.4 Å². The quantitative estimate of drug-likeness (QED) is 0.583. The zero-order chi connectivity index (χ0) is 20.3. The van der Waals surface area contributed by atoms with Crippen LogP contribution in [-0.4, -0.2) is 29.1 Å². The number of aromatic nitrogens is 1. The van der Waals surface area contributed by atoms with Crippen LogP contribution in [0.4, 0.5) is 15.8 Å². The molecular weight excluding hydrogens is 359 g/mol. The monoisotopic (exact) mass is 382 g/mol. The molecule has 0 unspecified atom stereocenters. The van der Waals surface area contributed by atoms with Crippen LogP contribution in [0, 0.1) is 18.7 Å². The fourth-order valence-corrected chi connectivity index (χ4v) is 2.96. The number of hydrogen-bond acceptors (Lipinski definition) is 5. The third-order valence-electron chi connectivity index (χ3n) is 4.44. The number of pyridine rings is 1. The molecule has 2 aromatic carbocycles. The van der Waals surface area contributed by atoms with Gasteiger partial charge in [-0.05, 0) is 48.9 Å². The van der Waals surface area contributed by atoms with Crippen molar-refractivity contribution in [2.45, 2.75) is 20.8 Å². The molecule has 0 bridgehead atoms. The highest BCUT2D eigenvalue weighted by Crippen LogP contribution is 2.34. The molecule has 0 saturated carbocycles. The van der Waals surface area contributed by atoms with Gasteiger partial charge >= 0.3 is 0 Å². The summed E-state index contributed by atoms with van der Waals surface area (Å²) in [7, 11) is 0. The maximum absolute atomic E-state index is 13.5. The summed E-state index contributed by atoms with van der Waals surface area (Å²) >= 11 is 0. The Balaban J connectivity index is 2.18. The first-order valence-corrected chi connectivity index (χ1v) is 9.14. The number of Topliss-reactive ketones (excluding diaryl/α,β-unsaturated/α-hetero) is 1. The van der Waals surface area contributed by atoms with Crippen LogP contribution >= 0.6 is 0 Å². The van der Waals surface area contributed by atoms with Crippen LogP contribution in [0.3, 0.4) is 0 Å². The van der Waals surface area contributed by atoms with E-state index >= 15 is 0 Å². The van der Waals surface area contributed by atoms with E-state index < -0.39 is 0 Å². The zero-order valence-corrected chi connectivity index (χ0v) is 16.1. The van der Waals surface area contributed by atoms with Gasteiger partial charge in [-0.15, -0.1) is 0 Å². The normalized spacial score (nSPS) is 11.1. The van der Waals surface area contributed by atoms with Gasteiger partial charge in [-0.25, -0.2) is 4.39 Å². The number of nitrogens with zero attached hydrogens (tertiary/aromatic N) is 1. The maximum Gasteiger partial charge on any atom is 0.169 e. The van der Waals surface area contributed by atoms with Crippen LogP contribution in [-0.2, 0) is 0 Å². The molecular formula is C22H23FN2O3. The Hall–Kier alpha value is -2.99. The minimum absolute atomic E-state index is 0.0432. The summed E-state index contributed by atoms with van der Waals surface area (Å²) < 4.78 is 19.0. The number of carbonyl (C=O) groups is 1. The van der Waals surface area contributed by atoms with E-state index in [0.29, 0.717) is 33.6 Å². The minimum atomic E-state index is -0.319. The van der Waals surface area contributed by atoms with E-state index in [4.69, 9.17) is 9.84 Å². The van der Waals surface area contributed by atoms with E-state index in [2.05, 4.69) is 10.3 Å². The summed E-state index contributed by atoms with van der Waals surface area (Å²) in [5.41, 5.74) is 3.19. The van der Waals surface area contributed by atoms with Crippen molar-refractivity contribution in [2.75, 3.05) is 18.5 Å². The number of carbonyl (C=O) groups excluding carboxylic acids is 1. The van der Waals surface area contributed by atoms with Gasteiger partial charge in [0.15, 0.2) is 5.78 Å². The number of rotatable bonds is 7.